The molecule has 0 unspecified atom stereocenters. The van der Waals surface area contributed by atoms with E-state index >= 15 is 0 Å². The summed E-state index contributed by atoms with van der Waals surface area (Å²) in [5.41, 5.74) is 2.05. The van der Waals surface area contributed by atoms with E-state index in [1.807, 2.05) is 0 Å². The average molecular weight is 655 g/mol. The summed E-state index contributed by atoms with van der Waals surface area (Å²) < 4.78 is 52.8. The van der Waals surface area contributed by atoms with Crippen LogP contribution in [0.4, 0.5) is 0 Å². The van der Waals surface area contributed by atoms with Crippen molar-refractivity contribution in [3.05, 3.63) is 36.0 Å². The molecule has 0 radical (unpaired) electrons. The fourth-order valence-corrected chi connectivity index (χ4v) is 10.9. The van der Waals surface area contributed by atoms with Crippen LogP contribution in [0.15, 0.2) is 36.0 Å². The lowest BCUT2D eigenvalue weighted by atomic mass is 9.47. The minimum absolute atomic E-state index is 0.00884. The lowest BCUT2D eigenvalue weighted by molar-refractivity contribution is -0.151. The predicted octanol–water partition coefficient (Wildman–Crippen LogP) is 13.8. The Morgan fingerprint density at radius 2 is 1.64 bits per heavy atom. The van der Waals surface area contributed by atoms with Gasteiger partial charge in [0.1, 0.15) is 6.10 Å². The van der Waals surface area contributed by atoms with Gasteiger partial charge in [-0.1, -0.05) is 129 Å². The van der Waals surface area contributed by atoms with E-state index in [-0.39, 0.29) is 23.9 Å². The van der Waals surface area contributed by atoms with Gasteiger partial charge in [0.25, 0.3) is 0 Å². The highest BCUT2D eigenvalue weighted by atomic mass is 16.5. The minimum Gasteiger partial charge on any atom is -0.462 e. The summed E-state index contributed by atoms with van der Waals surface area (Å²) in [7, 11) is 0. The number of carbonyl (C=O) groups is 1. The molecule has 2 heteroatoms. The summed E-state index contributed by atoms with van der Waals surface area (Å²) in [4.78, 5) is 12.8. The van der Waals surface area contributed by atoms with Crippen LogP contribution in [0.2, 0.25) is 0 Å². The van der Waals surface area contributed by atoms with Gasteiger partial charge in [-0.05, 0) is 130 Å². The summed E-state index contributed by atoms with van der Waals surface area (Å²) >= 11 is 0. The van der Waals surface area contributed by atoms with E-state index in [1.165, 1.54) is 70.6 Å². The van der Waals surface area contributed by atoms with Crippen LogP contribution in [-0.4, -0.2) is 12.1 Å². The maximum atomic E-state index is 12.8. The molecule has 2 nitrogen and oxygen atoms in total. The number of unbranched alkanes of at least 4 members (excludes halogenated alkanes) is 8. The van der Waals surface area contributed by atoms with E-state index in [0.717, 1.165) is 57.8 Å². The van der Waals surface area contributed by atoms with Gasteiger partial charge in [0.05, 0.1) is 0 Å². The summed E-state index contributed by atoms with van der Waals surface area (Å²) in [6, 6.07) is 0. The molecular formula is C45H76O2. The molecule has 3 saturated carbocycles. The zero-order chi connectivity index (χ0) is 38.7. The summed E-state index contributed by atoms with van der Waals surface area (Å²) in [5, 5.41) is 0. The number of esters is 1. The molecule has 0 aromatic carbocycles. The van der Waals surface area contributed by atoms with Crippen LogP contribution >= 0.6 is 0 Å². The van der Waals surface area contributed by atoms with Gasteiger partial charge >= 0.3 is 5.97 Å². The zero-order valence-corrected chi connectivity index (χ0v) is 31.0. The number of hydrogen-bond donors (Lipinski definition) is 0. The molecule has 0 aliphatic heterocycles. The van der Waals surface area contributed by atoms with Crippen molar-refractivity contribution in [3.63, 3.8) is 0 Å². The van der Waals surface area contributed by atoms with Crippen molar-refractivity contribution in [2.45, 2.75) is 195 Å². The van der Waals surface area contributed by atoms with E-state index in [9.17, 15) is 4.79 Å². The van der Waals surface area contributed by atoms with Gasteiger partial charge in [-0.2, -0.15) is 0 Å². The lowest BCUT2D eigenvalue weighted by Crippen LogP contribution is -2.51. The van der Waals surface area contributed by atoms with Gasteiger partial charge in [-0.15, -0.1) is 0 Å². The van der Waals surface area contributed by atoms with Crippen molar-refractivity contribution < 1.29 is 17.8 Å². The standard InChI is InChI=1S/C45H76O2/c1-7-8-9-10-11-12-13-14-15-16-17-18-19-20-21-25-43(46)47-38-30-32-44(5)37(34-38)26-27-39-41-29-28-40(36(4)24-22-23-35(2)3)45(41,6)33-31-42(39)44/h11-12,14-15,26,35-36,38-42H,7-10,13,16-25,27-34H2,1-6H3/b12-11+,15-14+/t36-,38+,39+,40-,41+,42+,44+,45-/m1/s1/i2D3,3D3. The highest BCUT2D eigenvalue weighted by Crippen LogP contribution is 2.67. The number of carbonyl (C=O) groups excluding carboxylic acids is 1. The second-order valence-corrected chi connectivity index (χ2v) is 16.8. The fourth-order valence-electron chi connectivity index (χ4n) is 10.9. The number of ether oxygens (including phenoxy) is 1. The molecule has 0 aromatic heterocycles. The second-order valence-electron chi connectivity index (χ2n) is 16.8. The molecule has 0 aromatic rings. The van der Waals surface area contributed by atoms with Crippen molar-refractivity contribution in [2.24, 2.45) is 46.3 Å². The number of allylic oxidation sites excluding steroid dienone is 5. The third kappa shape index (κ3) is 10.6. The van der Waals surface area contributed by atoms with Crippen LogP contribution in [0.25, 0.3) is 0 Å². The van der Waals surface area contributed by atoms with E-state index < -0.39 is 19.6 Å². The quantitative estimate of drug-likeness (QED) is 0.0742. The molecule has 4 aliphatic carbocycles. The highest BCUT2D eigenvalue weighted by Gasteiger charge is 2.59. The molecule has 0 saturated heterocycles. The van der Waals surface area contributed by atoms with Crippen LogP contribution in [0, 0.1) is 46.3 Å². The van der Waals surface area contributed by atoms with Crippen molar-refractivity contribution >= 4 is 5.97 Å². The number of fused-ring (bicyclic) bond motifs is 5. The predicted molar refractivity (Wildman–Crippen MR) is 202 cm³/mol. The molecule has 4 rings (SSSR count). The zero-order valence-electron chi connectivity index (χ0n) is 37.0. The summed E-state index contributed by atoms with van der Waals surface area (Å²) in [6.07, 6.45) is 36.3. The Morgan fingerprint density at radius 3 is 2.40 bits per heavy atom. The molecule has 3 fully saturated rings. The molecule has 0 heterocycles. The first kappa shape index (κ1) is 30.5. The topological polar surface area (TPSA) is 26.3 Å². The van der Waals surface area contributed by atoms with E-state index in [4.69, 9.17) is 13.0 Å². The third-order valence-corrected chi connectivity index (χ3v) is 13.6. The van der Waals surface area contributed by atoms with Crippen LogP contribution in [0.5, 0.6) is 0 Å². The van der Waals surface area contributed by atoms with E-state index in [1.54, 1.807) is 5.57 Å². The second kappa shape index (κ2) is 19.2. The molecule has 268 valence electrons. The normalized spacial score (nSPS) is 35.2. The smallest absolute Gasteiger partial charge is 0.306 e. The molecule has 8 atom stereocenters. The maximum Gasteiger partial charge on any atom is 0.306 e. The molecule has 4 aliphatic rings. The van der Waals surface area contributed by atoms with Crippen molar-refractivity contribution in [2.75, 3.05) is 0 Å². The first-order valence-corrected chi connectivity index (χ1v) is 20.3. The van der Waals surface area contributed by atoms with Crippen molar-refractivity contribution in [1.29, 1.82) is 0 Å². The van der Waals surface area contributed by atoms with Crippen molar-refractivity contribution in [1.82, 2.24) is 0 Å². The Bertz CT molecular complexity index is 1200. The van der Waals surface area contributed by atoms with Crippen molar-refractivity contribution in [3.8, 4) is 0 Å². The highest BCUT2D eigenvalue weighted by molar-refractivity contribution is 5.69. The van der Waals surface area contributed by atoms with Gasteiger partial charge in [0, 0.05) is 21.1 Å². The van der Waals surface area contributed by atoms with Gasteiger partial charge in [0.2, 0.25) is 0 Å². The first-order chi connectivity index (χ1) is 25.1. The Morgan fingerprint density at radius 1 is 0.894 bits per heavy atom. The molecule has 0 bridgehead atoms. The van der Waals surface area contributed by atoms with E-state index in [2.05, 4.69) is 58.1 Å². The van der Waals surface area contributed by atoms with Gasteiger partial charge in [0.15, 0.2) is 0 Å². The Kier molecular flexibility index (Phi) is 12.5. The molecule has 0 amide bonds. The Labute approximate surface area is 300 Å². The monoisotopic (exact) mass is 655 g/mol. The SMILES string of the molecule is [2H]C([2H])([2H])C(CCC[C@@H](C)[C@H]1CC[C@H]2[C@@H]3CC=C4C[C@@H](OC(=O)CCCCCCC/C=C/C/C=C/CCCCC)CC[C@]4(C)[C@H]3CC[C@]12C)C([2H])([2H])[2H]. The molecule has 0 N–H and O–H groups in total. The summed E-state index contributed by atoms with van der Waals surface area (Å²) in [5.74, 6) is 1.94. The van der Waals surface area contributed by atoms with Gasteiger partial charge in [-0.25, -0.2) is 0 Å². The molecule has 0 spiro atoms. The van der Waals surface area contributed by atoms with Crippen LogP contribution in [-0.2, 0) is 9.53 Å². The molecule has 47 heavy (non-hydrogen) atoms. The van der Waals surface area contributed by atoms with E-state index in [0.29, 0.717) is 47.8 Å². The van der Waals surface area contributed by atoms with Crippen LogP contribution in [0.3, 0.4) is 0 Å². The third-order valence-electron chi connectivity index (χ3n) is 13.6. The average Bonchev–Trinajstić information content (AvgIpc) is 3.44. The molecular weight excluding hydrogens is 572 g/mol. The lowest BCUT2D eigenvalue weighted by Gasteiger charge is -2.58. The number of hydrogen-bond acceptors (Lipinski definition) is 2. The maximum absolute atomic E-state index is 12.8. The van der Waals surface area contributed by atoms with Crippen LogP contribution < -0.4 is 0 Å². The largest absolute Gasteiger partial charge is 0.462 e. The summed E-state index contributed by atoms with van der Waals surface area (Å²) in [6.45, 7) is 4.76. The Balaban J connectivity index is 1.16. The van der Waals surface area contributed by atoms with Crippen LogP contribution in [0.1, 0.15) is 197 Å². The minimum atomic E-state index is -2.44. The number of rotatable bonds is 20. The van der Waals surface area contributed by atoms with Gasteiger partial charge in [-0.3, -0.25) is 4.79 Å². The van der Waals surface area contributed by atoms with Gasteiger partial charge < -0.3 is 4.74 Å². The first-order valence-electron chi connectivity index (χ1n) is 23.3. The fraction of sp³-hybridized carbons (Fsp3) is 0.844. The Hall–Kier alpha value is -1.31.